The molecule has 2 aromatic rings. The zero-order chi connectivity index (χ0) is 17.3. The van der Waals surface area contributed by atoms with Gasteiger partial charge in [0.05, 0.1) is 11.8 Å². The minimum atomic E-state index is -0.182. The molecule has 0 fully saturated rings. The van der Waals surface area contributed by atoms with E-state index in [0.717, 1.165) is 48.8 Å². The summed E-state index contributed by atoms with van der Waals surface area (Å²) in [6.07, 6.45) is 7.82. The Hall–Kier alpha value is -2.37. The van der Waals surface area contributed by atoms with Crippen molar-refractivity contribution in [1.82, 2.24) is 14.8 Å². The Labute approximate surface area is 141 Å². The van der Waals surface area contributed by atoms with E-state index in [0.29, 0.717) is 17.3 Å². The predicted octanol–water partition coefficient (Wildman–Crippen LogP) is 2.44. The molecule has 0 spiro atoms. The summed E-state index contributed by atoms with van der Waals surface area (Å²) in [4.78, 5) is 25.1. The Bertz CT molecular complexity index is 817. The van der Waals surface area contributed by atoms with E-state index in [1.54, 1.807) is 19.4 Å². The van der Waals surface area contributed by atoms with Gasteiger partial charge in [-0.1, -0.05) is 13.8 Å². The van der Waals surface area contributed by atoms with Gasteiger partial charge in [-0.25, -0.2) is 0 Å². The van der Waals surface area contributed by atoms with Crippen molar-refractivity contribution in [3.8, 4) is 0 Å². The molecule has 0 aromatic carbocycles. The molecule has 0 bridgehead atoms. The van der Waals surface area contributed by atoms with Crippen molar-refractivity contribution in [1.29, 1.82) is 0 Å². The highest BCUT2D eigenvalue weighted by atomic mass is 16.2. The molecule has 128 valence electrons. The van der Waals surface area contributed by atoms with Crippen LogP contribution in [0.4, 0.5) is 5.82 Å². The van der Waals surface area contributed by atoms with Crippen LogP contribution in [-0.4, -0.2) is 20.7 Å². The van der Waals surface area contributed by atoms with Crippen molar-refractivity contribution in [3.63, 3.8) is 0 Å². The summed E-state index contributed by atoms with van der Waals surface area (Å²) >= 11 is 0. The molecular weight excluding hydrogens is 304 g/mol. The summed E-state index contributed by atoms with van der Waals surface area (Å²) in [6, 6.07) is 0. The third-order valence-electron chi connectivity index (χ3n) is 4.52. The molecule has 1 aliphatic carbocycles. The van der Waals surface area contributed by atoms with E-state index in [-0.39, 0.29) is 11.5 Å². The van der Waals surface area contributed by atoms with Crippen molar-refractivity contribution in [2.24, 2.45) is 13.0 Å². The van der Waals surface area contributed by atoms with Crippen LogP contribution in [0.3, 0.4) is 0 Å². The highest BCUT2D eigenvalue weighted by Gasteiger charge is 2.22. The topological polar surface area (TPSA) is 79.8 Å². The Kier molecular flexibility index (Phi) is 4.55. The van der Waals surface area contributed by atoms with E-state index in [2.05, 4.69) is 29.4 Å². The first-order chi connectivity index (χ1) is 11.5. The standard InChI is InChI=1S/C18H24N4O2/c1-11(2)8-12-9-19-21-16(12)20-17(23)15-10-22(3)18(24)14-7-5-4-6-13(14)15/h9-11H,4-8H2,1-3H3,(H2,19,20,21,23). The largest absolute Gasteiger partial charge is 0.318 e. The van der Waals surface area contributed by atoms with Gasteiger partial charge < -0.3 is 9.88 Å². The third kappa shape index (κ3) is 3.13. The van der Waals surface area contributed by atoms with Gasteiger partial charge in [-0.3, -0.25) is 14.7 Å². The van der Waals surface area contributed by atoms with Gasteiger partial charge in [0, 0.05) is 24.4 Å². The quantitative estimate of drug-likeness (QED) is 0.904. The number of aromatic amines is 1. The number of nitrogens with zero attached hydrogens (tertiary/aromatic N) is 2. The molecule has 6 nitrogen and oxygen atoms in total. The van der Waals surface area contributed by atoms with Crippen molar-refractivity contribution in [3.05, 3.63) is 45.0 Å². The van der Waals surface area contributed by atoms with E-state index in [9.17, 15) is 9.59 Å². The summed E-state index contributed by atoms with van der Waals surface area (Å²) in [6.45, 7) is 4.25. The fourth-order valence-electron chi connectivity index (χ4n) is 3.37. The third-order valence-corrected chi connectivity index (χ3v) is 4.52. The summed E-state index contributed by atoms with van der Waals surface area (Å²) in [7, 11) is 1.70. The zero-order valence-electron chi connectivity index (χ0n) is 14.5. The summed E-state index contributed by atoms with van der Waals surface area (Å²) < 4.78 is 1.51. The average Bonchev–Trinajstić information content (AvgIpc) is 2.97. The van der Waals surface area contributed by atoms with E-state index >= 15 is 0 Å². The number of fused-ring (bicyclic) bond motifs is 1. The number of anilines is 1. The number of pyridine rings is 1. The fraction of sp³-hybridized carbons (Fsp3) is 0.500. The van der Waals surface area contributed by atoms with Crippen LogP contribution in [0.15, 0.2) is 17.2 Å². The second-order valence-electron chi connectivity index (χ2n) is 6.95. The monoisotopic (exact) mass is 328 g/mol. The van der Waals surface area contributed by atoms with Gasteiger partial charge in [0.1, 0.15) is 5.82 Å². The molecule has 0 atom stereocenters. The summed E-state index contributed by atoms with van der Waals surface area (Å²) in [5, 5.41) is 9.85. The lowest BCUT2D eigenvalue weighted by atomic mass is 9.89. The van der Waals surface area contributed by atoms with Crippen molar-refractivity contribution >= 4 is 11.7 Å². The molecule has 2 N–H and O–H groups in total. The molecular formula is C18H24N4O2. The van der Waals surface area contributed by atoms with Crippen LogP contribution in [-0.2, 0) is 26.3 Å². The van der Waals surface area contributed by atoms with Crippen LogP contribution in [0.2, 0.25) is 0 Å². The molecule has 2 aromatic heterocycles. The zero-order valence-corrected chi connectivity index (χ0v) is 14.5. The van der Waals surface area contributed by atoms with Crippen molar-refractivity contribution in [2.75, 3.05) is 5.32 Å². The molecule has 6 heteroatoms. The Morgan fingerprint density at radius 2 is 2.04 bits per heavy atom. The normalized spacial score (nSPS) is 13.8. The average molecular weight is 328 g/mol. The van der Waals surface area contributed by atoms with E-state index in [1.807, 2.05) is 0 Å². The highest BCUT2D eigenvalue weighted by Crippen LogP contribution is 2.23. The molecule has 0 saturated carbocycles. The molecule has 3 rings (SSSR count). The lowest BCUT2D eigenvalue weighted by Crippen LogP contribution is -2.29. The number of carbonyl (C=O) groups excluding carboxylic acids is 1. The predicted molar refractivity (Wildman–Crippen MR) is 93.4 cm³/mol. The van der Waals surface area contributed by atoms with Crippen LogP contribution < -0.4 is 10.9 Å². The number of hydrogen-bond acceptors (Lipinski definition) is 3. The maximum atomic E-state index is 12.8. The van der Waals surface area contributed by atoms with E-state index < -0.39 is 0 Å². The van der Waals surface area contributed by atoms with Gasteiger partial charge in [0.2, 0.25) is 0 Å². The van der Waals surface area contributed by atoms with Crippen LogP contribution in [0.1, 0.15) is 53.7 Å². The molecule has 1 amide bonds. The van der Waals surface area contributed by atoms with Gasteiger partial charge >= 0.3 is 0 Å². The molecule has 0 saturated heterocycles. The van der Waals surface area contributed by atoms with Gasteiger partial charge in [-0.15, -0.1) is 0 Å². The number of amides is 1. The number of rotatable bonds is 4. The molecule has 0 radical (unpaired) electrons. The lowest BCUT2D eigenvalue weighted by molar-refractivity contribution is 0.102. The molecule has 1 aliphatic rings. The smallest absolute Gasteiger partial charge is 0.258 e. The summed E-state index contributed by atoms with van der Waals surface area (Å²) in [5.74, 6) is 0.939. The first-order valence-electron chi connectivity index (χ1n) is 8.52. The summed E-state index contributed by atoms with van der Waals surface area (Å²) in [5.41, 5.74) is 3.31. The Morgan fingerprint density at radius 1 is 1.33 bits per heavy atom. The molecule has 24 heavy (non-hydrogen) atoms. The van der Waals surface area contributed by atoms with Gasteiger partial charge in [-0.05, 0) is 43.6 Å². The number of nitrogens with one attached hydrogen (secondary N) is 2. The van der Waals surface area contributed by atoms with Gasteiger partial charge in [-0.2, -0.15) is 5.10 Å². The highest BCUT2D eigenvalue weighted by molar-refractivity contribution is 6.05. The number of aryl methyl sites for hydroxylation is 1. The maximum Gasteiger partial charge on any atom is 0.258 e. The second kappa shape index (κ2) is 6.63. The van der Waals surface area contributed by atoms with Gasteiger partial charge in [0.15, 0.2) is 0 Å². The SMILES string of the molecule is CC(C)Cc1cn[nH]c1NC(=O)c1cn(C)c(=O)c2c1CCCC2. The number of hydrogen-bond donors (Lipinski definition) is 2. The molecule has 0 unspecified atom stereocenters. The molecule has 2 heterocycles. The number of carbonyl (C=O) groups is 1. The van der Waals surface area contributed by atoms with Crippen LogP contribution >= 0.6 is 0 Å². The van der Waals surface area contributed by atoms with Crippen LogP contribution in [0.25, 0.3) is 0 Å². The minimum absolute atomic E-state index is 0.0169. The Balaban J connectivity index is 1.93. The number of aromatic nitrogens is 3. The van der Waals surface area contributed by atoms with E-state index in [1.165, 1.54) is 4.57 Å². The maximum absolute atomic E-state index is 12.8. The minimum Gasteiger partial charge on any atom is -0.318 e. The second-order valence-corrected chi connectivity index (χ2v) is 6.95. The van der Waals surface area contributed by atoms with Crippen molar-refractivity contribution in [2.45, 2.75) is 46.0 Å². The first-order valence-corrected chi connectivity index (χ1v) is 8.52. The number of H-pyrrole nitrogens is 1. The van der Waals surface area contributed by atoms with Crippen LogP contribution in [0.5, 0.6) is 0 Å². The van der Waals surface area contributed by atoms with E-state index in [4.69, 9.17) is 0 Å². The Morgan fingerprint density at radius 3 is 2.75 bits per heavy atom. The first kappa shape index (κ1) is 16.5. The van der Waals surface area contributed by atoms with Gasteiger partial charge in [0.25, 0.3) is 11.5 Å². The lowest BCUT2D eigenvalue weighted by Gasteiger charge is -2.19. The van der Waals surface area contributed by atoms with Crippen molar-refractivity contribution < 1.29 is 4.79 Å². The molecule has 0 aliphatic heterocycles. The van der Waals surface area contributed by atoms with Crippen LogP contribution in [0, 0.1) is 5.92 Å². The fourth-order valence-corrected chi connectivity index (χ4v) is 3.37.